The number of hydrogen-bond acceptors (Lipinski definition) is 4. The molecule has 0 bridgehead atoms. The van der Waals surface area contributed by atoms with Crippen LogP contribution < -0.4 is 5.32 Å². The fraction of sp³-hybridized carbons (Fsp3) is 0.333. The van der Waals surface area contributed by atoms with E-state index in [1.807, 2.05) is 20.8 Å². The Bertz CT molecular complexity index is 866. The van der Waals surface area contributed by atoms with E-state index >= 15 is 0 Å². The van der Waals surface area contributed by atoms with Gasteiger partial charge in [-0.3, -0.25) is 9.78 Å². The third-order valence-electron chi connectivity index (χ3n) is 4.04. The molecule has 0 spiro atoms. The number of pyridine rings is 1. The smallest absolute Gasteiger partial charge is 0.253 e. The predicted molar refractivity (Wildman–Crippen MR) is 104 cm³/mol. The van der Waals surface area contributed by atoms with Gasteiger partial charge in [-0.2, -0.15) is 4.31 Å². The summed E-state index contributed by atoms with van der Waals surface area (Å²) < 4.78 is 27.2. The molecule has 140 valence electrons. The number of amides is 1. The maximum Gasteiger partial charge on any atom is 0.253 e. The third kappa shape index (κ3) is 4.69. The molecule has 2 aromatic rings. The van der Waals surface area contributed by atoms with Crippen molar-refractivity contribution in [3.8, 4) is 0 Å². The number of nitrogens with zero attached hydrogens (tertiary/aromatic N) is 2. The van der Waals surface area contributed by atoms with Gasteiger partial charge in [0, 0.05) is 30.0 Å². The summed E-state index contributed by atoms with van der Waals surface area (Å²) in [5, 5.41) is 2.88. The van der Waals surface area contributed by atoms with E-state index in [9.17, 15) is 13.2 Å². The molecule has 1 aromatic heterocycles. The van der Waals surface area contributed by atoms with Crippen LogP contribution in [0.3, 0.4) is 0 Å². The van der Waals surface area contributed by atoms with E-state index in [1.54, 1.807) is 36.5 Å². The fourth-order valence-electron chi connectivity index (χ4n) is 2.54. The zero-order valence-corrected chi connectivity index (χ0v) is 17.3. The van der Waals surface area contributed by atoms with E-state index in [2.05, 4.69) is 26.2 Å². The zero-order chi connectivity index (χ0) is 19.3. The highest BCUT2D eigenvalue weighted by atomic mass is 79.9. The zero-order valence-electron chi connectivity index (χ0n) is 14.9. The molecule has 0 unspecified atom stereocenters. The first-order valence-electron chi connectivity index (χ1n) is 8.31. The number of sulfonamides is 1. The first kappa shape index (κ1) is 20.5. The molecule has 1 N–H and O–H groups in total. The van der Waals surface area contributed by atoms with Gasteiger partial charge in [0.1, 0.15) is 0 Å². The molecule has 1 aromatic carbocycles. The summed E-state index contributed by atoms with van der Waals surface area (Å²) >= 11 is 3.29. The predicted octanol–water partition coefficient (Wildman–Crippen LogP) is 3.37. The molecule has 0 aliphatic rings. The number of aromatic nitrogens is 1. The normalized spacial score (nSPS) is 12.8. The van der Waals surface area contributed by atoms with Crippen LogP contribution in [0.4, 0.5) is 0 Å². The lowest BCUT2D eigenvalue weighted by Gasteiger charge is -2.19. The Labute approximate surface area is 162 Å². The van der Waals surface area contributed by atoms with E-state index < -0.39 is 10.0 Å². The molecule has 0 aliphatic carbocycles. The van der Waals surface area contributed by atoms with Gasteiger partial charge in [0.05, 0.1) is 16.5 Å². The van der Waals surface area contributed by atoms with Crippen LogP contribution in [-0.4, -0.2) is 36.7 Å². The van der Waals surface area contributed by atoms with E-state index in [0.717, 1.165) is 10.0 Å². The summed E-state index contributed by atoms with van der Waals surface area (Å²) in [6.07, 6.45) is 3.10. The molecule has 6 nitrogen and oxygen atoms in total. The van der Waals surface area contributed by atoms with Crippen molar-refractivity contribution in [1.82, 2.24) is 14.6 Å². The summed E-state index contributed by atoms with van der Waals surface area (Å²) in [5.41, 5.74) is 1.27. The van der Waals surface area contributed by atoms with Crippen molar-refractivity contribution in [2.24, 2.45) is 0 Å². The third-order valence-corrected chi connectivity index (χ3v) is 6.54. The Morgan fingerprint density at radius 3 is 2.35 bits per heavy atom. The second kappa shape index (κ2) is 8.75. The summed E-state index contributed by atoms with van der Waals surface area (Å²) in [7, 11) is -3.48. The van der Waals surface area contributed by atoms with Gasteiger partial charge in [-0.25, -0.2) is 8.42 Å². The molecular formula is C18H22BrN3O3S. The molecule has 8 heteroatoms. The molecule has 0 radical (unpaired) electrons. The minimum atomic E-state index is -3.48. The van der Waals surface area contributed by atoms with Crippen molar-refractivity contribution in [2.75, 3.05) is 13.1 Å². The topological polar surface area (TPSA) is 79.4 Å². The van der Waals surface area contributed by atoms with Gasteiger partial charge in [0.15, 0.2) is 0 Å². The quantitative estimate of drug-likeness (QED) is 0.716. The molecular weight excluding hydrogens is 418 g/mol. The summed E-state index contributed by atoms with van der Waals surface area (Å²) in [5.74, 6) is -0.244. The summed E-state index contributed by atoms with van der Waals surface area (Å²) in [4.78, 5) is 16.5. The van der Waals surface area contributed by atoms with Gasteiger partial charge in [-0.1, -0.05) is 26.0 Å². The average Bonchev–Trinajstić information content (AvgIpc) is 2.62. The van der Waals surface area contributed by atoms with E-state index in [4.69, 9.17) is 0 Å². The summed E-state index contributed by atoms with van der Waals surface area (Å²) in [6.45, 7) is 6.31. The van der Waals surface area contributed by atoms with Crippen LogP contribution in [0.25, 0.3) is 0 Å². The van der Waals surface area contributed by atoms with Crippen LogP contribution >= 0.6 is 15.9 Å². The van der Waals surface area contributed by atoms with Crippen molar-refractivity contribution in [1.29, 1.82) is 0 Å². The molecule has 2 rings (SSSR count). The van der Waals surface area contributed by atoms with E-state index in [0.29, 0.717) is 18.7 Å². The molecule has 1 heterocycles. The molecule has 0 saturated heterocycles. The second-order valence-electron chi connectivity index (χ2n) is 5.75. The molecule has 1 atom stereocenters. The molecule has 1 amide bonds. The average molecular weight is 440 g/mol. The van der Waals surface area contributed by atoms with Crippen LogP contribution in [-0.2, 0) is 10.0 Å². The van der Waals surface area contributed by atoms with Crippen LogP contribution in [0.2, 0.25) is 0 Å². The van der Waals surface area contributed by atoms with Gasteiger partial charge in [0.25, 0.3) is 5.91 Å². The molecule has 0 saturated carbocycles. The van der Waals surface area contributed by atoms with Crippen molar-refractivity contribution < 1.29 is 13.2 Å². The van der Waals surface area contributed by atoms with Crippen molar-refractivity contribution in [2.45, 2.75) is 31.7 Å². The highest BCUT2D eigenvalue weighted by Crippen LogP contribution is 2.20. The monoisotopic (exact) mass is 439 g/mol. The van der Waals surface area contributed by atoms with Crippen molar-refractivity contribution in [3.63, 3.8) is 0 Å². The fourth-order valence-corrected chi connectivity index (χ4v) is 4.36. The Hall–Kier alpha value is -1.77. The Balaban J connectivity index is 2.14. The Morgan fingerprint density at radius 2 is 1.81 bits per heavy atom. The van der Waals surface area contributed by atoms with Gasteiger partial charge in [0.2, 0.25) is 10.0 Å². The molecule has 26 heavy (non-hydrogen) atoms. The van der Waals surface area contributed by atoms with Gasteiger partial charge in [-0.05, 0) is 46.6 Å². The molecule has 0 fully saturated rings. The number of halogens is 1. The number of carbonyl (C=O) groups excluding carboxylic acids is 1. The lowest BCUT2D eigenvalue weighted by Crippen LogP contribution is -2.30. The maximum absolute atomic E-state index is 12.5. The first-order chi connectivity index (χ1) is 12.3. The number of carbonyl (C=O) groups is 1. The minimum Gasteiger partial charge on any atom is -0.345 e. The maximum atomic E-state index is 12.5. The van der Waals surface area contributed by atoms with Gasteiger partial charge >= 0.3 is 0 Å². The van der Waals surface area contributed by atoms with Gasteiger partial charge < -0.3 is 5.32 Å². The summed E-state index contributed by atoms with van der Waals surface area (Å²) in [6, 6.07) is 8.01. The Kier molecular flexibility index (Phi) is 6.91. The SMILES string of the molecule is CCN(CC)S(=O)(=O)c1ccc([C@@H](C)NC(=O)c2cncc(Br)c2)cc1. The highest BCUT2D eigenvalue weighted by molar-refractivity contribution is 9.10. The van der Waals surface area contributed by atoms with Gasteiger partial charge in [-0.15, -0.1) is 0 Å². The largest absolute Gasteiger partial charge is 0.345 e. The standard InChI is InChI=1S/C18H22BrN3O3S/c1-4-22(5-2)26(24,25)17-8-6-14(7-9-17)13(3)21-18(23)15-10-16(19)12-20-11-15/h6-13H,4-5H2,1-3H3,(H,21,23)/t13-/m1/s1. The Morgan fingerprint density at radius 1 is 1.19 bits per heavy atom. The lowest BCUT2D eigenvalue weighted by molar-refractivity contribution is 0.0939. The number of rotatable bonds is 7. The molecule has 0 aliphatic heterocycles. The van der Waals surface area contributed by atoms with Crippen molar-refractivity contribution >= 4 is 31.9 Å². The second-order valence-corrected chi connectivity index (χ2v) is 8.60. The van der Waals surface area contributed by atoms with Crippen molar-refractivity contribution in [3.05, 3.63) is 58.3 Å². The first-order valence-corrected chi connectivity index (χ1v) is 10.5. The van der Waals surface area contributed by atoms with Crippen LogP contribution in [0.5, 0.6) is 0 Å². The van der Waals surface area contributed by atoms with E-state index in [-0.39, 0.29) is 16.8 Å². The van der Waals surface area contributed by atoms with Crippen LogP contribution in [0, 0.1) is 0 Å². The lowest BCUT2D eigenvalue weighted by atomic mass is 10.1. The number of hydrogen-bond donors (Lipinski definition) is 1. The highest BCUT2D eigenvalue weighted by Gasteiger charge is 2.21. The number of nitrogens with one attached hydrogen (secondary N) is 1. The van der Waals surface area contributed by atoms with E-state index in [1.165, 1.54) is 10.5 Å². The number of benzene rings is 1. The van der Waals surface area contributed by atoms with Crippen LogP contribution in [0.15, 0.2) is 52.1 Å². The van der Waals surface area contributed by atoms with Crippen LogP contribution in [0.1, 0.15) is 42.7 Å². The minimum absolute atomic E-state index is 0.244.